The maximum atomic E-state index is 6.33. The van der Waals surface area contributed by atoms with Gasteiger partial charge in [-0.15, -0.1) is 12.4 Å². The van der Waals surface area contributed by atoms with Crippen LogP contribution in [0, 0.1) is 0 Å². The number of benzene rings is 1. The Labute approximate surface area is 164 Å². The lowest BCUT2D eigenvalue weighted by Crippen LogP contribution is -2.51. The first kappa shape index (κ1) is 20.0. The van der Waals surface area contributed by atoms with Crippen LogP contribution in [0.25, 0.3) is 0 Å². The number of halogens is 1. The molecule has 4 rings (SSSR count). The van der Waals surface area contributed by atoms with Gasteiger partial charge in [0.05, 0.1) is 32.0 Å². The largest absolute Gasteiger partial charge is 0.496 e. The van der Waals surface area contributed by atoms with Crippen molar-refractivity contribution < 1.29 is 18.7 Å². The van der Waals surface area contributed by atoms with Crippen LogP contribution in [0.1, 0.15) is 42.3 Å². The van der Waals surface area contributed by atoms with Crippen LogP contribution in [0.2, 0.25) is 0 Å². The van der Waals surface area contributed by atoms with E-state index >= 15 is 0 Å². The second kappa shape index (κ2) is 8.53. The first-order chi connectivity index (χ1) is 12.7. The van der Waals surface area contributed by atoms with Gasteiger partial charge >= 0.3 is 0 Å². The molecule has 1 aromatic carbocycles. The number of nitrogens with one attached hydrogen (secondary N) is 1. The zero-order valence-corrected chi connectivity index (χ0v) is 16.0. The molecule has 3 heterocycles. The molecule has 0 amide bonds. The third-order valence-electron chi connectivity index (χ3n) is 5.03. The first-order valence-electron chi connectivity index (χ1n) is 8.89. The van der Waals surface area contributed by atoms with Gasteiger partial charge in [-0.3, -0.25) is 0 Å². The van der Waals surface area contributed by atoms with Gasteiger partial charge in [0.25, 0.3) is 5.89 Å². The van der Waals surface area contributed by atoms with E-state index < -0.39 is 6.04 Å². The second-order valence-corrected chi connectivity index (χ2v) is 6.77. The van der Waals surface area contributed by atoms with Crippen LogP contribution in [0.4, 0.5) is 0 Å². The topological polar surface area (TPSA) is 105 Å². The predicted octanol–water partition coefficient (Wildman–Crippen LogP) is 1.76. The van der Waals surface area contributed by atoms with Crippen LogP contribution >= 0.6 is 12.4 Å². The maximum absolute atomic E-state index is 6.33. The van der Waals surface area contributed by atoms with Crippen LogP contribution in [0.5, 0.6) is 5.75 Å². The molecule has 2 fully saturated rings. The molecule has 8 nitrogen and oxygen atoms in total. The Morgan fingerprint density at radius 3 is 2.85 bits per heavy atom. The summed E-state index contributed by atoms with van der Waals surface area (Å²) in [7, 11) is 1.61. The summed E-state index contributed by atoms with van der Waals surface area (Å²) in [6.07, 6.45) is 1.45. The number of nitrogens with zero attached hydrogens (tertiary/aromatic N) is 2. The van der Waals surface area contributed by atoms with Gasteiger partial charge < -0.3 is 29.8 Å². The number of piperidine rings is 1. The molecule has 2 unspecified atom stereocenters. The number of nitrogens with two attached hydrogens (primary N) is 1. The lowest BCUT2D eigenvalue weighted by molar-refractivity contribution is -0.216. The molecule has 27 heavy (non-hydrogen) atoms. The maximum Gasteiger partial charge on any atom is 0.258 e. The SMILES string of the molecule is COc1ccccc1C(N)c1noc(C2COCC3(CCNCC3)O2)n1.Cl. The second-order valence-electron chi connectivity index (χ2n) is 6.77. The highest BCUT2D eigenvalue weighted by molar-refractivity contribution is 5.85. The molecule has 148 valence electrons. The van der Waals surface area contributed by atoms with Gasteiger partial charge in [0.15, 0.2) is 11.9 Å². The molecule has 2 atom stereocenters. The highest BCUT2D eigenvalue weighted by Crippen LogP contribution is 2.35. The van der Waals surface area contributed by atoms with Crippen molar-refractivity contribution in [2.75, 3.05) is 33.4 Å². The minimum absolute atomic E-state index is 0. The molecule has 1 spiro atoms. The van der Waals surface area contributed by atoms with Gasteiger partial charge in [-0.25, -0.2) is 0 Å². The summed E-state index contributed by atoms with van der Waals surface area (Å²) >= 11 is 0. The number of hydrogen-bond donors (Lipinski definition) is 2. The molecule has 2 aliphatic heterocycles. The Bertz CT molecular complexity index is 745. The van der Waals surface area contributed by atoms with Crippen molar-refractivity contribution in [1.29, 1.82) is 0 Å². The fraction of sp³-hybridized carbons (Fsp3) is 0.556. The highest BCUT2D eigenvalue weighted by Gasteiger charge is 2.41. The van der Waals surface area contributed by atoms with Crippen LogP contribution in [0.3, 0.4) is 0 Å². The third-order valence-corrected chi connectivity index (χ3v) is 5.03. The fourth-order valence-corrected chi connectivity index (χ4v) is 3.55. The smallest absolute Gasteiger partial charge is 0.258 e. The van der Waals surface area contributed by atoms with E-state index in [1.165, 1.54) is 0 Å². The van der Waals surface area contributed by atoms with Crippen LogP contribution in [-0.2, 0) is 9.47 Å². The van der Waals surface area contributed by atoms with Crippen molar-refractivity contribution in [3.8, 4) is 5.75 Å². The summed E-state index contributed by atoms with van der Waals surface area (Å²) < 4.78 is 22.9. The molecule has 0 bridgehead atoms. The van der Waals surface area contributed by atoms with E-state index in [1.807, 2.05) is 24.3 Å². The standard InChI is InChI=1S/C18H24N4O4.ClH/c1-23-13-5-3-2-4-12(13)15(19)16-21-17(26-22-16)14-10-24-11-18(25-14)6-8-20-9-7-18;/h2-5,14-15,20H,6-11,19H2,1H3;1H. The van der Waals surface area contributed by atoms with E-state index in [2.05, 4.69) is 15.5 Å². The monoisotopic (exact) mass is 396 g/mol. The minimum Gasteiger partial charge on any atom is -0.496 e. The van der Waals surface area contributed by atoms with Crippen molar-refractivity contribution in [2.45, 2.75) is 30.6 Å². The Balaban J connectivity index is 0.00000210. The molecule has 3 N–H and O–H groups in total. The van der Waals surface area contributed by atoms with E-state index in [1.54, 1.807) is 7.11 Å². The van der Waals surface area contributed by atoms with E-state index in [9.17, 15) is 0 Å². The van der Waals surface area contributed by atoms with E-state index in [0.29, 0.717) is 30.7 Å². The third kappa shape index (κ3) is 4.09. The van der Waals surface area contributed by atoms with Gasteiger partial charge in [-0.1, -0.05) is 23.4 Å². The van der Waals surface area contributed by atoms with Gasteiger partial charge in [-0.2, -0.15) is 4.98 Å². The normalized spacial score (nSPS) is 22.8. The molecule has 2 aliphatic rings. The lowest BCUT2D eigenvalue weighted by atomic mass is 9.92. The summed E-state index contributed by atoms with van der Waals surface area (Å²) in [4.78, 5) is 4.48. The summed E-state index contributed by atoms with van der Waals surface area (Å²) in [5.74, 6) is 1.50. The molecule has 1 aromatic heterocycles. The van der Waals surface area contributed by atoms with Crippen molar-refractivity contribution in [3.63, 3.8) is 0 Å². The van der Waals surface area contributed by atoms with E-state index in [0.717, 1.165) is 31.5 Å². The van der Waals surface area contributed by atoms with Gasteiger partial charge in [0.2, 0.25) is 0 Å². The molecular formula is C18H25ClN4O4. The number of rotatable bonds is 4. The zero-order valence-electron chi connectivity index (χ0n) is 15.2. The number of para-hydroxylation sites is 1. The minimum atomic E-state index is -0.541. The Kier molecular flexibility index (Phi) is 6.33. The quantitative estimate of drug-likeness (QED) is 0.805. The fourth-order valence-electron chi connectivity index (χ4n) is 3.55. The van der Waals surface area contributed by atoms with E-state index in [4.69, 9.17) is 24.5 Å². The van der Waals surface area contributed by atoms with Gasteiger partial charge in [-0.05, 0) is 32.0 Å². The molecule has 2 saturated heterocycles. The van der Waals surface area contributed by atoms with E-state index in [-0.39, 0.29) is 24.1 Å². The van der Waals surface area contributed by atoms with Crippen molar-refractivity contribution in [2.24, 2.45) is 5.73 Å². The molecule has 2 aromatic rings. The van der Waals surface area contributed by atoms with Crippen LogP contribution < -0.4 is 15.8 Å². The first-order valence-corrected chi connectivity index (χ1v) is 8.89. The molecule has 0 radical (unpaired) electrons. The number of aromatic nitrogens is 2. The molecular weight excluding hydrogens is 372 g/mol. The predicted molar refractivity (Wildman–Crippen MR) is 100 cm³/mol. The molecule has 0 aliphatic carbocycles. The highest BCUT2D eigenvalue weighted by atomic mass is 35.5. The average Bonchev–Trinajstić information content (AvgIpc) is 3.18. The zero-order chi connectivity index (χ0) is 18.0. The summed E-state index contributed by atoms with van der Waals surface area (Å²) in [6, 6.07) is 7.00. The Morgan fingerprint density at radius 1 is 1.30 bits per heavy atom. The van der Waals surface area contributed by atoms with Gasteiger partial charge in [0.1, 0.15) is 5.75 Å². The van der Waals surface area contributed by atoms with Crippen LogP contribution in [-0.4, -0.2) is 49.2 Å². The average molecular weight is 397 g/mol. The van der Waals surface area contributed by atoms with Crippen LogP contribution in [0.15, 0.2) is 28.8 Å². The van der Waals surface area contributed by atoms with Crippen molar-refractivity contribution in [3.05, 3.63) is 41.5 Å². The lowest BCUT2D eigenvalue weighted by Gasteiger charge is -2.42. The summed E-state index contributed by atoms with van der Waals surface area (Å²) in [5, 5.41) is 7.41. The van der Waals surface area contributed by atoms with Gasteiger partial charge in [0, 0.05) is 5.56 Å². The van der Waals surface area contributed by atoms with Crippen molar-refractivity contribution in [1.82, 2.24) is 15.5 Å². The Hall–Kier alpha value is -1.71. The summed E-state index contributed by atoms with van der Waals surface area (Å²) in [6.45, 7) is 2.85. The summed E-state index contributed by atoms with van der Waals surface area (Å²) in [5.41, 5.74) is 6.86. The number of hydrogen-bond acceptors (Lipinski definition) is 8. The molecule has 9 heteroatoms. The molecule has 0 saturated carbocycles. The Morgan fingerprint density at radius 2 is 2.07 bits per heavy atom. The number of ether oxygens (including phenoxy) is 3. The van der Waals surface area contributed by atoms with Crippen molar-refractivity contribution >= 4 is 12.4 Å². The number of methoxy groups -OCH3 is 1.